The highest BCUT2D eigenvalue weighted by atomic mass is 35.5. The molecule has 8 heteroatoms. The average Bonchev–Trinajstić information content (AvgIpc) is 2.65. The SMILES string of the molecule is Cc1c(Cl)ccc2c(=O)c3c([nH]c12)CCN(CC(=O)Nc1cc(F)cc(F)c1)C3. The molecule has 1 aliphatic heterocycles. The van der Waals surface area contributed by atoms with Gasteiger partial charge in [0, 0.05) is 52.9 Å². The number of hydrogen-bond donors (Lipinski definition) is 2. The van der Waals surface area contributed by atoms with E-state index in [1.807, 2.05) is 11.8 Å². The number of amides is 1. The van der Waals surface area contributed by atoms with Crippen molar-refractivity contribution in [1.82, 2.24) is 9.88 Å². The molecular weight excluding hydrogens is 400 g/mol. The molecule has 2 heterocycles. The summed E-state index contributed by atoms with van der Waals surface area (Å²) in [7, 11) is 0. The van der Waals surface area contributed by atoms with E-state index in [1.54, 1.807) is 12.1 Å². The van der Waals surface area contributed by atoms with Gasteiger partial charge in [0.25, 0.3) is 0 Å². The number of aryl methyl sites for hydroxylation is 1. The Kier molecular flexibility index (Phi) is 5.10. The summed E-state index contributed by atoms with van der Waals surface area (Å²) in [5.41, 5.74) is 3.01. The highest BCUT2D eigenvalue weighted by Crippen LogP contribution is 2.25. The van der Waals surface area contributed by atoms with Crippen molar-refractivity contribution in [2.24, 2.45) is 0 Å². The smallest absolute Gasteiger partial charge is 0.238 e. The molecular formula is C21H18ClF2N3O2. The first-order chi connectivity index (χ1) is 13.8. The van der Waals surface area contributed by atoms with Crippen molar-refractivity contribution >= 4 is 34.1 Å². The van der Waals surface area contributed by atoms with Crippen LogP contribution in [0.2, 0.25) is 5.02 Å². The molecule has 0 unspecified atom stereocenters. The number of aromatic nitrogens is 1. The number of rotatable bonds is 3. The summed E-state index contributed by atoms with van der Waals surface area (Å²) in [6.45, 7) is 2.75. The number of halogens is 3. The van der Waals surface area contributed by atoms with Gasteiger partial charge in [-0.15, -0.1) is 0 Å². The monoisotopic (exact) mass is 417 g/mol. The molecule has 0 spiro atoms. The molecule has 0 bridgehead atoms. The van der Waals surface area contributed by atoms with Crippen molar-refractivity contribution in [1.29, 1.82) is 0 Å². The zero-order chi connectivity index (χ0) is 20.7. The highest BCUT2D eigenvalue weighted by molar-refractivity contribution is 6.32. The van der Waals surface area contributed by atoms with E-state index in [1.165, 1.54) is 0 Å². The van der Waals surface area contributed by atoms with Gasteiger partial charge in [0.15, 0.2) is 5.43 Å². The molecule has 0 aliphatic carbocycles. The number of carbonyl (C=O) groups is 1. The molecule has 4 rings (SSSR count). The lowest BCUT2D eigenvalue weighted by Gasteiger charge is -2.28. The third kappa shape index (κ3) is 3.88. The Balaban J connectivity index is 1.54. The van der Waals surface area contributed by atoms with Crippen molar-refractivity contribution in [2.75, 3.05) is 18.4 Å². The van der Waals surface area contributed by atoms with Crippen molar-refractivity contribution in [3.05, 3.63) is 74.0 Å². The summed E-state index contributed by atoms with van der Waals surface area (Å²) >= 11 is 6.17. The van der Waals surface area contributed by atoms with Crippen LogP contribution in [-0.4, -0.2) is 28.9 Å². The molecule has 2 N–H and O–H groups in total. The normalized spacial score (nSPS) is 14.1. The molecule has 1 aromatic heterocycles. The van der Waals surface area contributed by atoms with E-state index in [4.69, 9.17) is 11.6 Å². The van der Waals surface area contributed by atoms with Gasteiger partial charge in [-0.1, -0.05) is 11.6 Å². The first kappa shape index (κ1) is 19.5. The van der Waals surface area contributed by atoms with Gasteiger partial charge in [-0.2, -0.15) is 0 Å². The zero-order valence-electron chi connectivity index (χ0n) is 15.6. The van der Waals surface area contributed by atoms with E-state index in [9.17, 15) is 18.4 Å². The van der Waals surface area contributed by atoms with Crippen LogP contribution >= 0.6 is 11.6 Å². The fourth-order valence-corrected chi connectivity index (χ4v) is 3.84. The largest absolute Gasteiger partial charge is 0.358 e. The summed E-state index contributed by atoms with van der Waals surface area (Å²) in [6.07, 6.45) is 0.578. The van der Waals surface area contributed by atoms with Crippen LogP contribution in [0, 0.1) is 18.6 Å². The number of hydrogen-bond acceptors (Lipinski definition) is 3. The number of nitrogens with one attached hydrogen (secondary N) is 2. The quantitative estimate of drug-likeness (QED) is 0.682. The van der Waals surface area contributed by atoms with Crippen LogP contribution in [0.3, 0.4) is 0 Å². The van der Waals surface area contributed by atoms with Gasteiger partial charge in [0.1, 0.15) is 11.6 Å². The van der Waals surface area contributed by atoms with Crippen molar-refractivity contribution in [3.8, 4) is 0 Å². The fraction of sp³-hybridized carbons (Fsp3) is 0.238. The van der Waals surface area contributed by atoms with Gasteiger partial charge in [-0.3, -0.25) is 14.5 Å². The van der Waals surface area contributed by atoms with Crippen LogP contribution in [0.5, 0.6) is 0 Å². The maximum Gasteiger partial charge on any atom is 0.238 e. The van der Waals surface area contributed by atoms with Gasteiger partial charge in [0.05, 0.1) is 12.1 Å². The predicted octanol–water partition coefficient (Wildman–Crippen LogP) is 3.76. The van der Waals surface area contributed by atoms with E-state index in [0.29, 0.717) is 35.5 Å². The molecule has 5 nitrogen and oxygen atoms in total. The molecule has 0 atom stereocenters. The van der Waals surface area contributed by atoms with Gasteiger partial charge >= 0.3 is 0 Å². The third-order valence-corrected chi connectivity index (χ3v) is 5.54. The summed E-state index contributed by atoms with van der Waals surface area (Å²) in [5.74, 6) is -1.93. The number of nitrogens with zero attached hydrogens (tertiary/aromatic N) is 1. The van der Waals surface area contributed by atoms with Crippen molar-refractivity contribution in [3.63, 3.8) is 0 Å². The number of fused-ring (bicyclic) bond motifs is 2. The van der Waals surface area contributed by atoms with Crippen molar-refractivity contribution in [2.45, 2.75) is 19.9 Å². The van der Waals surface area contributed by atoms with Crippen LogP contribution in [-0.2, 0) is 17.8 Å². The number of anilines is 1. The molecule has 150 valence electrons. The lowest BCUT2D eigenvalue weighted by molar-refractivity contribution is -0.117. The maximum atomic E-state index is 13.3. The Hall–Kier alpha value is -2.77. The molecule has 0 fully saturated rings. The van der Waals surface area contributed by atoms with E-state index >= 15 is 0 Å². The van der Waals surface area contributed by atoms with Gasteiger partial charge in [-0.05, 0) is 36.8 Å². The Morgan fingerprint density at radius 3 is 2.69 bits per heavy atom. The lowest BCUT2D eigenvalue weighted by Crippen LogP contribution is -2.39. The van der Waals surface area contributed by atoms with Gasteiger partial charge < -0.3 is 10.3 Å². The summed E-state index contributed by atoms with van der Waals surface area (Å²) in [6, 6.07) is 6.25. The fourth-order valence-electron chi connectivity index (χ4n) is 3.68. The second-order valence-electron chi connectivity index (χ2n) is 7.17. The Morgan fingerprint density at radius 1 is 1.24 bits per heavy atom. The van der Waals surface area contributed by atoms with Crippen molar-refractivity contribution < 1.29 is 13.6 Å². The van der Waals surface area contributed by atoms with E-state index in [2.05, 4.69) is 10.3 Å². The minimum Gasteiger partial charge on any atom is -0.358 e. The summed E-state index contributed by atoms with van der Waals surface area (Å²) in [5, 5.41) is 3.65. The molecule has 0 radical (unpaired) electrons. The molecule has 2 aromatic carbocycles. The highest BCUT2D eigenvalue weighted by Gasteiger charge is 2.23. The zero-order valence-corrected chi connectivity index (χ0v) is 16.4. The molecule has 29 heavy (non-hydrogen) atoms. The summed E-state index contributed by atoms with van der Waals surface area (Å²) in [4.78, 5) is 30.4. The molecule has 0 saturated carbocycles. The third-order valence-electron chi connectivity index (χ3n) is 5.13. The first-order valence-corrected chi connectivity index (χ1v) is 9.51. The molecule has 1 amide bonds. The second-order valence-corrected chi connectivity index (χ2v) is 7.58. The topological polar surface area (TPSA) is 65.2 Å². The van der Waals surface area contributed by atoms with E-state index < -0.39 is 17.5 Å². The Morgan fingerprint density at radius 2 is 1.97 bits per heavy atom. The Bertz CT molecular complexity index is 1170. The lowest BCUT2D eigenvalue weighted by atomic mass is 10.0. The summed E-state index contributed by atoms with van der Waals surface area (Å²) < 4.78 is 26.6. The Labute approximate surface area is 170 Å². The van der Waals surface area contributed by atoms with E-state index in [-0.39, 0.29) is 17.7 Å². The van der Waals surface area contributed by atoms with Gasteiger partial charge in [-0.25, -0.2) is 8.78 Å². The average molecular weight is 418 g/mol. The van der Waals surface area contributed by atoms with Crippen LogP contribution < -0.4 is 10.7 Å². The minimum absolute atomic E-state index is 0.00863. The number of benzene rings is 2. The van der Waals surface area contributed by atoms with Gasteiger partial charge in [0.2, 0.25) is 5.91 Å². The first-order valence-electron chi connectivity index (χ1n) is 9.13. The second kappa shape index (κ2) is 7.57. The minimum atomic E-state index is -0.763. The van der Waals surface area contributed by atoms with Crippen LogP contribution in [0.15, 0.2) is 35.1 Å². The maximum absolute atomic E-state index is 13.3. The number of pyridine rings is 1. The predicted molar refractivity (Wildman–Crippen MR) is 108 cm³/mol. The van der Waals surface area contributed by atoms with Crippen LogP contribution in [0.1, 0.15) is 16.8 Å². The number of aromatic amines is 1. The van der Waals surface area contributed by atoms with Crippen LogP contribution in [0.4, 0.5) is 14.5 Å². The van der Waals surface area contributed by atoms with Crippen LogP contribution in [0.25, 0.3) is 10.9 Å². The molecule has 3 aromatic rings. The van der Waals surface area contributed by atoms with E-state index in [0.717, 1.165) is 35.0 Å². The number of carbonyl (C=O) groups excluding carboxylic acids is 1. The molecule has 0 saturated heterocycles. The standard InChI is InChI=1S/C21H18ClF2N3O2/c1-11-17(22)3-2-15-20(11)26-18-4-5-27(9-16(18)21(15)29)10-19(28)25-14-7-12(23)6-13(24)8-14/h2-3,6-8H,4-5,9-10H2,1H3,(H,25,28)(H,26,29). The number of H-pyrrole nitrogens is 1. The molecule has 1 aliphatic rings.